The Bertz CT molecular complexity index is 356. The summed E-state index contributed by atoms with van der Waals surface area (Å²) in [6, 6.07) is 0. The average molecular weight is 308 g/mol. The number of ether oxygens (including phenoxy) is 1. The maximum Gasteiger partial charge on any atom is 0.341 e. The molecule has 0 spiro atoms. The van der Waals surface area contributed by atoms with Crippen molar-refractivity contribution in [3.05, 3.63) is 24.3 Å². The molecular formula is C19H32O3. The van der Waals surface area contributed by atoms with Gasteiger partial charge in [0.25, 0.3) is 0 Å². The Morgan fingerprint density at radius 3 is 1.86 bits per heavy atom. The second kappa shape index (κ2) is 14.6. The molecule has 126 valence electrons. The van der Waals surface area contributed by atoms with Gasteiger partial charge in [-0.05, 0) is 19.8 Å². The van der Waals surface area contributed by atoms with Crippen molar-refractivity contribution in [2.45, 2.75) is 84.5 Å². The Labute approximate surface area is 135 Å². The number of carbonyl (C=O) groups excluding carboxylic acids is 2. The van der Waals surface area contributed by atoms with Crippen LogP contribution in [0, 0.1) is 0 Å². The molecule has 3 nitrogen and oxygen atoms in total. The number of allylic oxidation sites excluding steroid dienone is 1. The molecule has 0 rings (SSSR count). The van der Waals surface area contributed by atoms with Gasteiger partial charge in [0.2, 0.25) is 0 Å². The van der Waals surface area contributed by atoms with Crippen LogP contribution in [0.15, 0.2) is 24.3 Å². The molecule has 22 heavy (non-hydrogen) atoms. The van der Waals surface area contributed by atoms with Crippen LogP contribution in [0.1, 0.15) is 84.5 Å². The third kappa shape index (κ3) is 11.3. The Morgan fingerprint density at radius 1 is 0.909 bits per heavy atom. The second-order valence-electron chi connectivity index (χ2n) is 5.66. The largest absolute Gasteiger partial charge is 0.386 e. The number of hydrogen-bond acceptors (Lipinski definition) is 3. The van der Waals surface area contributed by atoms with E-state index in [-0.39, 0.29) is 0 Å². The fourth-order valence-corrected chi connectivity index (χ4v) is 2.37. The zero-order valence-electron chi connectivity index (χ0n) is 14.4. The molecular weight excluding hydrogens is 276 g/mol. The third-order valence-corrected chi connectivity index (χ3v) is 3.77. The van der Waals surface area contributed by atoms with Crippen LogP contribution in [0.4, 0.5) is 0 Å². The number of carbonyl (C=O) groups is 2. The molecule has 0 aromatic rings. The summed E-state index contributed by atoms with van der Waals surface area (Å²) in [5.41, 5.74) is 0.578. The minimum atomic E-state index is -0.688. The predicted molar refractivity (Wildman–Crippen MR) is 91.5 cm³/mol. The minimum Gasteiger partial charge on any atom is -0.386 e. The summed E-state index contributed by atoms with van der Waals surface area (Å²) in [5, 5.41) is 0. The van der Waals surface area contributed by atoms with E-state index in [9.17, 15) is 9.59 Å². The minimum absolute atomic E-state index is 0.539. The topological polar surface area (TPSA) is 43.4 Å². The van der Waals surface area contributed by atoms with E-state index in [1.165, 1.54) is 51.4 Å². The van der Waals surface area contributed by atoms with E-state index in [1.54, 1.807) is 13.0 Å². The fourth-order valence-electron chi connectivity index (χ4n) is 2.37. The molecule has 0 aromatic heterocycles. The van der Waals surface area contributed by atoms with Gasteiger partial charge in [-0.3, -0.25) is 0 Å². The maximum absolute atomic E-state index is 11.7. The maximum atomic E-state index is 11.7. The third-order valence-electron chi connectivity index (χ3n) is 3.77. The predicted octanol–water partition coefficient (Wildman–Crippen LogP) is 5.50. The molecule has 0 bridgehead atoms. The first-order valence-electron chi connectivity index (χ1n) is 8.69. The summed E-state index contributed by atoms with van der Waals surface area (Å²) < 4.78 is 4.63. The van der Waals surface area contributed by atoms with Gasteiger partial charge in [-0.15, -0.1) is 0 Å². The smallest absolute Gasteiger partial charge is 0.341 e. The summed E-state index contributed by atoms with van der Waals surface area (Å²) in [6.07, 6.45) is 16.0. The molecule has 0 atom stereocenters. The summed E-state index contributed by atoms with van der Waals surface area (Å²) in [6.45, 7) is 7.31. The number of unbranched alkanes of at least 4 members (excludes halogenated alkanes) is 9. The van der Waals surface area contributed by atoms with Crippen LogP contribution in [-0.4, -0.2) is 11.9 Å². The van der Waals surface area contributed by atoms with Crippen molar-refractivity contribution in [1.82, 2.24) is 0 Å². The molecule has 0 aromatic carbocycles. The van der Waals surface area contributed by atoms with Gasteiger partial charge in [-0.2, -0.15) is 0 Å². The highest BCUT2D eigenvalue weighted by Gasteiger charge is 2.12. The summed E-state index contributed by atoms with van der Waals surface area (Å²) in [4.78, 5) is 22.7. The lowest BCUT2D eigenvalue weighted by Crippen LogP contribution is -2.12. The van der Waals surface area contributed by atoms with E-state index >= 15 is 0 Å². The highest BCUT2D eigenvalue weighted by molar-refractivity contribution is 5.99. The van der Waals surface area contributed by atoms with Gasteiger partial charge < -0.3 is 4.74 Å². The van der Waals surface area contributed by atoms with Crippen molar-refractivity contribution in [3.8, 4) is 0 Å². The van der Waals surface area contributed by atoms with Crippen LogP contribution in [0.5, 0.6) is 0 Å². The van der Waals surface area contributed by atoms with E-state index in [0.29, 0.717) is 12.0 Å². The molecule has 0 N–H and O–H groups in total. The summed E-state index contributed by atoms with van der Waals surface area (Å²) in [7, 11) is 0. The molecule has 0 saturated carbocycles. The SMILES string of the molecule is C=CC(=O)OC(=O)C(=CC)CCCCCCCCCCCC. The van der Waals surface area contributed by atoms with Gasteiger partial charge >= 0.3 is 11.9 Å². The van der Waals surface area contributed by atoms with Crippen molar-refractivity contribution in [1.29, 1.82) is 0 Å². The number of hydrogen-bond donors (Lipinski definition) is 0. The Balaban J connectivity index is 3.61. The van der Waals surface area contributed by atoms with Crippen molar-refractivity contribution in [2.24, 2.45) is 0 Å². The quantitative estimate of drug-likeness (QED) is 0.195. The van der Waals surface area contributed by atoms with Crippen LogP contribution in [0.25, 0.3) is 0 Å². The van der Waals surface area contributed by atoms with Gasteiger partial charge in [-0.1, -0.05) is 77.4 Å². The highest BCUT2D eigenvalue weighted by Crippen LogP contribution is 2.14. The van der Waals surface area contributed by atoms with Gasteiger partial charge in [0.05, 0.1) is 0 Å². The Kier molecular flexibility index (Phi) is 13.6. The van der Waals surface area contributed by atoms with E-state index in [0.717, 1.165) is 18.9 Å². The second-order valence-corrected chi connectivity index (χ2v) is 5.66. The standard InChI is InChI=1S/C19H32O3/c1-4-7-8-9-10-11-12-13-14-15-16-17(5-2)19(21)22-18(20)6-3/h5-6H,3-4,7-16H2,1-2H3. The normalized spacial score (nSPS) is 11.3. The lowest BCUT2D eigenvalue weighted by atomic mass is 10.0. The average Bonchev–Trinajstić information content (AvgIpc) is 2.52. The molecule has 0 aliphatic carbocycles. The van der Waals surface area contributed by atoms with Gasteiger partial charge in [-0.25, -0.2) is 9.59 Å². The molecule has 0 aliphatic rings. The molecule has 0 fully saturated rings. The Morgan fingerprint density at radius 2 is 1.41 bits per heavy atom. The summed E-state index contributed by atoms with van der Waals surface area (Å²) in [5.74, 6) is -1.23. The van der Waals surface area contributed by atoms with Crippen LogP contribution >= 0.6 is 0 Å². The number of rotatable bonds is 13. The molecule has 0 radical (unpaired) electrons. The van der Waals surface area contributed by atoms with Crippen molar-refractivity contribution < 1.29 is 14.3 Å². The lowest BCUT2D eigenvalue weighted by molar-refractivity contribution is -0.153. The zero-order valence-corrected chi connectivity index (χ0v) is 14.4. The first kappa shape index (κ1) is 20.6. The lowest BCUT2D eigenvalue weighted by Gasteiger charge is -2.05. The van der Waals surface area contributed by atoms with E-state index in [2.05, 4.69) is 18.2 Å². The molecule has 0 unspecified atom stereocenters. The number of esters is 2. The highest BCUT2D eigenvalue weighted by atomic mass is 16.6. The van der Waals surface area contributed by atoms with Gasteiger partial charge in [0, 0.05) is 11.6 Å². The van der Waals surface area contributed by atoms with Crippen LogP contribution < -0.4 is 0 Å². The van der Waals surface area contributed by atoms with Crippen LogP contribution in [-0.2, 0) is 14.3 Å². The fraction of sp³-hybridized carbons (Fsp3) is 0.684. The molecule has 0 amide bonds. The Hall–Kier alpha value is -1.38. The van der Waals surface area contributed by atoms with Crippen molar-refractivity contribution in [3.63, 3.8) is 0 Å². The molecule has 0 saturated heterocycles. The van der Waals surface area contributed by atoms with Crippen LogP contribution in [0.2, 0.25) is 0 Å². The van der Waals surface area contributed by atoms with Gasteiger partial charge in [0.15, 0.2) is 0 Å². The van der Waals surface area contributed by atoms with Gasteiger partial charge in [0.1, 0.15) is 0 Å². The van der Waals surface area contributed by atoms with E-state index in [4.69, 9.17) is 0 Å². The molecule has 0 aliphatic heterocycles. The van der Waals surface area contributed by atoms with Crippen molar-refractivity contribution in [2.75, 3.05) is 0 Å². The van der Waals surface area contributed by atoms with E-state index < -0.39 is 11.9 Å². The first-order valence-corrected chi connectivity index (χ1v) is 8.69. The van der Waals surface area contributed by atoms with E-state index in [1.807, 2.05) is 0 Å². The monoisotopic (exact) mass is 308 g/mol. The molecule has 3 heteroatoms. The summed E-state index contributed by atoms with van der Waals surface area (Å²) >= 11 is 0. The molecule has 0 heterocycles. The van der Waals surface area contributed by atoms with Crippen molar-refractivity contribution >= 4 is 11.9 Å². The first-order chi connectivity index (χ1) is 10.7. The van der Waals surface area contributed by atoms with Crippen LogP contribution in [0.3, 0.4) is 0 Å². The zero-order chi connectivity index (χ0) is 16.6.